The summed E-state index contributed by atoms with van der Waals surface area (Å²) < 4.78 is 13.7. The highest BCUT2D eigenvalue weighted by Gasteiger charge is 2.46. The highest BCUT2D eigenvalue weighted by Crippen LogP contribution is 2.45. The van der Waals surface area contributed by atoms with Gasteiger partial charge in [-0.15, -0.1) is 0 Å². The lowest BCUT2D eigenvalue weighted by molar-refractivity contribution is 0.0833. The van der Waals surface area contributed by atoms with E-state index in [0.717, 1.165) is 12.8 Å². The summed E-state index contributed by atoms with van der Waals surface area (Å²) in [6, 6.07) is 0. The molecule has 1 aliphatic rings. The van der Waals surface area contributed by atoms with Gasteiger partial charge in [0.2, 0.25) is 0 Å². The minimum atomic E-state index is -1.07. The molecule has 1 fully saturated rings. The lowest BCUT2D eigenvalue weighted by Gasteiger charge is -2.27. The molecule has 10 heavy (non-hydrogen) atoms. The first-order valence-electron chi connectivity index (χ1n) is 4.00. The van der Waals surface area contributed by atoms with Gasteiger partial charge in [-0.2, -0.15) is 0 Å². The Hall–Kier alpha value is -0.110. The maximum atomic E-state index is 13.7. The first kappa shape index (κ1) is 7.99. The molecule has 60 valence electrons. The van der Waals surface area contributed by atoms with Gasteiger partial charge in [-0.05, 0) is 24.7 Å². The molecule has 1 nitrogen and oxygen atoms in total. The van der Waals surface area contributed by atoms with Crippen LogP contribution < -0.4 is 5.73 Å². The molecule has 0 saturated heterocycles. The highest BCUT2D eigenvalue weighted by molar-refractivity contribution is 4.97. The molecule has 0 bridgehead atoms. The molecule has 2 N–H and O–H groups in total. The molecule has 1 aliphatic carbocycles. The maximum Gasteiger partial charge on any atom is 0.128 e. The van der Waals surface area contributed by atoms with Crippen molar-refractivity contribution in [3.05, 3.63) is 0 Å². The van der Waals surface area contributed by atoms with Gasteiger partial charge < -0.3 is 5.73 Å². The predicted octanol–water partition coefficient (Wildman–Crippen LogP) is 1.72. The van der Waals surface area contributed by atoms with Gasteiger partial charge in [-0.25, -0.2) is 4.39 Å². The van der Waals surface area contributed by atoms with Gasteiger partial charge in [-0.1, -0.05) is 13.8 Å². The topological polar surface area (TPSA) is 26.0 Å². The Bertz CT molecular complexity index is 116. The van der Waals surface area contributed by atoms with Gasteiger partial charge in [-0.3, -0.25) is 0 Å². The fraction of sp³-hybridized carbons (Fsp3) is 1.00. The third-order valence-corrected chi connectivity index (χ3v) is 2.53. The fourth-order valence-electron chi connectivity index (χ4n) is 1.44. The van der Waals surface area contributed by atoms with Gasteiger partial charge in [0.05, 0.1) is 0 Å². The van der Waals surface area contributed by atoms with Crippen LogP contribution in [0.5, 0.6) is 0 Å². The molecular formula is C8H16FN. The predicted molar refractivity (Wildman–Crippen MR) is 40.5 cm³/mol. The zero-order chi connectivity index (χ0) is 7.78. The van der Waals surface area contributed by atoms with Gasteiger partial charge in [0.25, 0.3) is 0 Å². The first-order valence-corrected chi connectivity index (χ1v) is 4.00. The number of alkyl halides is 1. The standard InChI is InChI=1S/C8H16FN/c1-6(2)8(9,5-10)7-3-4-7/h6-7H,3-5,10H2,1-2H3. The van der Waals surface area contributed by atoms with Crippen molar-refractivity contribution < 1.29 is 4.39 Å². The van der Waals surface area contributed by atoms with E-state index >= 15 is 0 Å². The monoisotopic (exact) mass is 145 g/mol. The van der Waals surface area contributed by atoms with E-state index in [1.807, 2.05) is 13.8 Å². The van der Waals surface area contributed by atoms with Crippen molar-refractivity contribution in [3.63, 3.8) is 0 Å². The molecule has 0 aromatic carbocycles. The van der Waals surface area contributed by atoms with Crippen LogP contribution in [0.25, 0.3) is 0 Å². The summed E-state index contributed by atoms with van der Waals surface area (Å²) in [7, 11) is 0. The van der Waals surface area contributed by atoms with Crippen LogP contribution in [0, 0.1) is 11.8 Å². The van der Waals surface area contributed by atoms with Gasteiger partial charge >= 0.3 is 0 Å². The summed E-state index contributed by atoms with van der Waals surface area (Å²) in [4.78, 5) is 0. The number of hydrogen-bond donors (Lipinski definition) is 1. The number of rotatable bonds is 3. The van der Waals surface area contributed by atoms with E-state index in [-0.39, 0.29) is 18.4 Å². The average molecular weight is 145 g/mol. The molecule has 0 aromatic rings. The minimum absolute atomic E-state index is 0.0741. The van der Waals surface area contributed by atoms with Crippen LogP contribution in [0.15, 0.2) is 0 Å². The Morgan fingerprint density at radius 3 is 2.20 bits per heavy atom. The van der Waals surface area contributed by atoms with E-state index in [2.05, 4.69) is 0 Å². The highest BCUT2D eigenvalue weighted by atomic mass is 19.1. The fourth-order valence-corrected chi connectivity index (χ4v) is 1.44. The first-order chi connectivity index (χ1) is 4.61. The zero-order valence-electron chi connectivity index (χ0n) is 6.73. The molecule has 1 unspecified atom stereocenters. The maximum absolute atomic E-state index is 13.7. The number of nitrogens with two attached hydrogens (primary N) is 1. The van der Waals surface area contributed by atoms with Crippen LogP contribution in [-0.4, -0.2) is 12.2 Å². The summed E-state index contributed by atoms with van der Waals surface area (Å²) >= 11 is 0. The van der Waals surface area contributed by atoms with Crippen molar-refractivity contribution in [2.45, 2.75) is 32.4 Å². The Labute approximate surface area is 61.8 Å². The average Bonchev–Trinajstić information content (AvgIpc) is 2.67. The summed E-state index contributed by atoms with van der Waals surface area (Å²) in [6.07, 6.45) is 2.07. The molecule has 0 aromatic heterocycles. The van der Waals surface area contributed by atoms with Crippen LogP contribution in [0.4, 0.5) is 4.39 Å². The van der Waals surface area contributed by atoms with E-state index in [9.17, 15) is 4.39 Å². The van der Waals surface area contributed by atoms with Gasteiger partial charge in [0.15, 0.2) is 0 Å². The summed E-state index contributed by atoms with van der Waals surface area (Å²) in [5, 5.41) is 0. The minimum Gasteiger partial charge on any atom is -0.328 e. The van der Waals surface area contributed by atoms with Gasteiger partial charge in [0.1, 0.15) is 5.67 Å². The van der Waals surface area contributed by atoms with E-state index < -0.39 is 5.67 Å². The van der Waals surface area contributed by atoms with Crippen LogP contribution in [0.1, 0.15) is 26.7 Å². The van der Waals surface area contributed by atoms with Crippen molar-refractivity contribution >= 4 is 0 Å². The number of hydrogen-bond acceptors (Lipinski definition) is 1. The molecule has 1 rings (SSSR count). The van der Waals surface area contributed by atoms with Crippen molar-refractivity contribution in [3.8, 4) is 0 Å². The largest absolute Gasteiger partial charge is 0.328 e. The van der Waals surface area contributed by atoms with E-state index in [1.165, 1.54) is 0 Å². The van der Waals surface area contributed by atoms with Crippen LogP contribution >= 0.6 is 0 Å². The zero-order valence-corrected chi connectivity index (χ0v) is 6.73. The molecule has 1 saturated carbocycles. The van der Waals surface area contributed by atoms with Crippen LogP contribution in [0.3, 0.4) is 0 Å². The van der Waals surface area contributed by atoms with Crippen molar-refractivity contribution in [1.82, 2.24) is 0 Å². The summed E-state index contributed by atoms with van der Waals surface area (Å²) in [6.45, 7) is 4.01. The van der Waals surface area contributed by atoms with Gasteiger partial charge in [0, 0.05) is 6.54 Å². The van der Waals surface area contributed by atoms with Crippen molar-refractivity contribution in [2.24, 2.45) is 17.6 Å². The normalized spacial score (nSPS) is 24.9. The van der Waals surface area contributed by atoms with Crippen molar-refractivity contribution in [1.29, 1.82) is 0 Å². The lowest BCUT2D eigenvalue weighted by atomic mass is 9.88. The summed E-state index contributed by atoms with van der Waals surface area (Å²) in [5.41, 5.74) is 4.30. The van der Waals surface area contributed by atoms with Crippen LogP contribution in [-0.2, 0) is 0 Å². The Balaban J connectivity index is 2.56. The van der Waals surface area contributed by atoms with E-state index in [4.69, 9.17) is 5.73 Å². The van der Waals surface area contributed by atoms with Crippen LogP contribution in [0.2, 0.25) is 0 Å². The lowest BCUT2D eigenvalue weighted by Crippen LogP contribution is -2.40. The van der Waals surface area contributed by atoms with E-state index in [1.54, 1.807) is 0 Å². The molecule has 1 atom stereocenters. The third-order valence-electron chi connectivity index (χ3n) is 2.53. The Kier molecular flexibility index (Phi) is 1.99. The molecule has 0 spiro atoms. The van der Waals surface area contributed by atoms with E-state index in [0.29, 0.717) is 0 Å². The Morgan fingerprint density at radius 1 is 1.60 bits per heavy atom. The molecule has 0 aliphatic heterocycles. The second-order valence-electron chi connectivity index (χ2n) is 3.56. The second kappa shape index (κ2) is 2.50. The second-order valence-corrected chi connectivity index (χ2v) is 3.56. The number of halogens is 1. The van der Waals surface area contributed by atoms with Crippen molar-refractivity contribution in [2.75, 3.05) is 6.54 Å². The quantitative estimate of drug-likeness (QED) is 0.643. The molecule has 2 heteroatoms. The molecule has 0 heterocycles. The Morgan fingerprint density at radius 2 is 2.10 bits per heavy atom. The third kappa shape index (κ3) is 1.17. The molecule has 0 amide bonds. The SMILES string of the molecule is CC(C)C(F)(CN)C1CC1. The smallest absolute Gasteiger partial charge is 0.128 e. The molecular weight excluding hydrogens is 129 g/mol. The summed E-state index contributed by atoms with van der Waals surface area (Å²) in [5.74, 6) is 0.336. The molecule has 0 radical (unpaired) electrons.